The van der Waals surface area contributed by atoms with Crippen molar-refractivity contribution < 1.29 is 0 Å². The predicted octanol–water partition coefficient (Wildman–Crippen LogP) is 7.54. The lowest BCUT2D eigenvalue weighted by Crippen LogP contribution is -2.85. The number of rotatable bonds is 4. The quantitative estimate of drug-likeness (QED) is 0.427. The molecule has 0 amide bonds. The van der Waals surface area contributed by atoms with Crippen LogP contribution in [0.25, 0.3) is 0 Å². The fourth-order valence-electron chi connectivity index (χ4n) is 7.82. The van der Waals surface area contributed by atoms with Gasteiger partial charge < -0.3 is 0 Å². The molecule has 4 heteroatoms. The van der Waals surface area contributed by atoms with Crippen LogP contribution in [-0.4, -0.2) is 29.4 Å². The molecule has 3 unspecified atom stereocenters. The molecule has 0 radical (unpaired) electrons. The standard InChI is InChI=1S/C16H38Si4.C4H10/c1-17(2,3)20(18(4,5)6,19(7,8)9)16-13-14-10-11-15(16)12-14;1-4(2)3/h14-16H,10-13H2,1-9H3;4H,1-3H3. The molecular weight excluding hydrogens is 353 g/mol. The van der Waals surface area contributed by atoms with E-state index in [0.717, 1.165) is 17.8 Å². The maximum Gasteiger partial charge on any atom is 0.0409 e. The highest BCUT2D eigenvalue weighted by Crippen LogP contribution is 2.60. The van der Waals surface area contributed by atoms with E-state index in [0.29, 0.717) is 0 Å². The summed E-state index contributed by atoms with van der Waals surface area (Å²) in [6.45, 7) is 30.4. The Labute approximate surface area is 158 Å². The van der Waals surface area contributed by atoms with Gasteiger partial charge in [-0.25, -0.2) is 0 Å². The second-order valence-corrected chi connectivity index (χ2v) is 53.5. The summed E-state index contributed by atoms with van der Waals surface area (Å²) in [6, 6.07) is 0. The minimum absolute atomic E-state index is 0.833. The Kier molecular flexibility index (Phi) is 7.13. The summed E-state index contributed by atoms with van der Waals surface area (Å²) in [6.07, 6.45) is 6.47. The van der Waals surface area contributed by atoms with E-state index >= 15 is 0 Å². The van der Waals surface area contributed by atoms with Gasteiger partial charge in [-0.3, -0.25) is 0 Å². The molecule has 0 aromatic heterocycles. The minimum atomic E-state index is -1.10. The first-order chi connectivity index (χ1) is 10.6. The molecule has 3 atom stereocenters. The van der Waals surface area contributed by atoms with Crippen LogP contribution in [-0.2, 0) is 0 Å². The van der Waals surface area contributed by atoms with Crippen LogP contribution < -0.4 is 0 Å². The van der Waals surface area contributed by atoms with Crippen LogP contribution in [0.4, 0.5) is 0 Å². The predicted molar refractivity (Wildman–Crippen MR) is 126 cm³/mol. The molecule has 0 saturated heterocycles. The van der Waals surface area contributed by atoms with Gasteiger partial charge in [-0.1, -0.05) is 99.0 Å². The molecule has 0 aliphatic heterocycles. The second-order valence-electron chi connectivity index (χ2n) is 12.6. The summed E-state index contributed by atoms with van der Waals surface area (Å²) in [4.78, 5) is 0. The Balaban J connectivity index is 0.000000648. The van der Waals surface area contributed by atoms with Gasteiger partial charge in [-0.2, -0.15) is 0 Å². The highest BCUT2D eigenvalue weighted by Gasteiger charge is 2.67. The summed E-state index contributed by atoms with van der Waals surface area (Å²) in [5, 5.41) is 0. The molecule has 0 spiro atoms. The van der Waals surface area contributed by atoms with Crippen LogP contribution in [0.3, 0.4) is 0 Å². The summed E-state index contributed by atoms with van der Waals surface area (Å²) < 4.78 is 0. The van der Waals surface area contributed by atoms with Crippen molar-refractivity contribution in [3.8, 4) is 0 Å². The van der Waals surface area contributed by atoms with E-state index in [1.807, 2.05) is 0 Å². The van der Waals surface area contributed by atoms with Crippen molar-refractivity contribution in [1.29, 1.82) is 0 Å². The molecule has 2 rings (SSSR count). The zero-order chi connectivity index (χ0) is 19.1. The van der Waals surface area contributed by atoms with Crippen molar-refractivity contribution in [2.24, 2.45) is 17.8 Å². The Hall–Kier alpha value is 0.868. The zero-order valence-corrected chi connectivity index (χ0v) is 23.1. The van der Waals surface area contributed by atoms with Gasteiger partial charge in [0, 0.05) is 29.4 Å². The Morgan fingerprint density at radius 1 is 0.625 bits per heavy atom. The Morgan fingerprint density at radius 3 is 1.21 bits per heavy atom. The maximum atomic E-state index is 2.78. The van der Waals surface area contributed by atoms with E-state index in [1.165, 1.54) is 5.54 Å². The van der Waals surface area contributed by atoms with Crippen molar-refractivity contribution in [2.75, 3.05) is 0 Å². The van der Waals surface area contributed by atoms with Gasteiger partial charge in [-0.05, 0) is 29.7 Å². The van der Waals surface area contributed by atoms with E-state index in [-0.39, 0.29) is 0 Å². The molecule has 2 aliphatic carbocycles. The van der Waals surface area contributed by atoms with Gasteiger partial charge in [0.1, 0.15) is 0 Å². The lowest BCUT2D eigenvalue weighted by molar-refractivity contribution is 0.475. The van der Waals surface area contributed by atoms with Crippen LogP contribution in [0, 0.1) is 17.8 Å². The first-order valence-corrected chi connectivity index (χ1v) is 26.1. The first-order valence-electron chi connectivity index (χ1n) is 10.6. The summed E-state index contributed by atoms with van der Waals surface area (Å²) in [7, 11) is -3.14. The van der Waals surface area contributed by atoms with E-state index in [1.54, 1.807) is 25.7 Å². The largest absolute Gasteiger partial charge is 0.0718 e. The Morgan fingerprint density at radius 2 is 1.00 bits per heavy atom. The number of fused-ring (bicyclic) bond motifs is 2. The van der Waals surface area contributed by atoms with Gasteiger partial charge >= 0.3 is 0 Å². The van der Waals surface area contributed by atoms with Crippen LogP contribution in [0.5, 0.6) is 0 Å². The van der Waals surface area contributed by atoms with Crippen molar-refractivity contribution >= 4 is 29.4 Å². The second kappa shape index (κ2) is 7.47. The monoisotopic (exact) mass is 400 g/mol. The molecule has 0 N–H and O–H groups in total. The van der Waals surface area contributed by atoms with Gasteiger partial charge in [0.25, 0.3) is 0 Å². The normalized spacial score (nSPS) is 28.1. The fourth-order valence-corrected chi connectivity index (χ4v) is 114. The molecule has 0 heterocycles. The summed E-state index contributed by atoms with van der Waals surface area (Å²) in [5.74, 6) is 3.14. The average Bonchev–Trinajstić information content (AvgIpc) is 2.83. The van der Waals surface area contributed by atoms with Gasteiger partial charge in [0.05, 0.1) is 0 Å². The first kappa shape index (κ1) is 22.9. The molecule has 0 aromatic carbocycles. The topological polar surface area (TPSA) is 0 Å². The number of hydrogen-bond acceptors (Lipinski definition) is 0. The SMILES string of the molecule is CC(C)C.C[Si](C)(C)[Si](C1CC2CCC1C2)([Si](C)(C)C)[Si](C)(C)C. The third-order valence-electron chi connectivity index (χ3n) is 6.84. The zero-order valence-electron chi connectivity index (χ0n) is 19.1. The Bertz CT molecular complexity index is 370. The highest BCUT2D eigenvalue weighted by molar-refractivity contribution is 7.89. The van der Waals surface area contributed by atoms with Crippen molar-refractivity contribution in [1.82, 2.24) is 0 Å². The van der Waals surface area contributed by atoms with E-state index in [2.05, 4.69) is 79.7 Å². The van der Waals surface area contributed by atoms with Crippen LogP contribution in [0.1, 0.15) is 46.5 Å². The van der Waals surface area contributed by atoms with Crippen molar-refractivity contribution in [3.63, 3.8) is 0 Å². The third-order valence-corrected chi connectivity index (χ3v) is 80.9. The van der Waals surface area contributed by atoms with E-state index in [4.69, 9.17) is 0 Å². The smallest absolute Gasteiger partial charge is 0.0409 e. The molecule has 24 heavy (non-hydrogen) atoms. The van der Waals surface area contributed by atoms with Gasteiger partial charge in [0.2, 0.25) is 0 Å². The molecule has 0 nitrogen and oxygen atoms in total. The van der Waals surface area contributed by atoms with Crippen LogP contribution in [0.15, 0.2) is 0 Å². The fraction of sp³-hybridized carbons (Fsp3) is 1.00. The molecule has 144 valence electrons. The molecule has 2 bridgehead atoms. The average molecular weight is 401 g/mol. The molecule has 2 saturated carbocycles. The minimum Gasteiger partial charge on any atom is -0.0718 e. The van der Waals surface area contributed by atoms with Crippen molar-refractivity contribution in [3.05, 3.63) is 0 Å². The lowest BCUT2D eigenvalue weighted by Gasteiger charge is -2.62. The van der Waals surface area contributed by atoms with Gasteiger partial charge in [-0.15, -0.1) is 0 Å². The van der Waals surface area contributed by atoms with E-state index in [9.17, 15) is 0 Å². The molecular formula is C20H48Si4. The third kappa shape index (κ3) is 4.23. The van der Waals surface area contributed by atoms with Crippen molar-refractivity contribution in [2.45, 2.75) is 111 Å². The molecule has 2 fully saturated rings. The molecule has 2 aliphatic rings. The van der Waals surface area contributed by atoms with Gasteiger partial charge in [0.15, 0.2) is 0 Å². The summed E-state index contributed by atoms with van der Waals surface area (Å²) >= 11 is 0. The maximum absolute atomic E-state index is 2.78. The highest BCUT2D eigenvalue weighted by atomic mass is 29.9. The van der Waals surface area contributed by atoms with E-state index < -0.39 is 29.4 Å². The molecule has 0 aromatic rings. The van der Waals surface area contributed by atoms with Crippen LogP contribution in [0.2, 0.25) is 64.5 Å². The summed E-state index contributed by atoms with van der Waals surface area (Å²) in [5.41, 5.74) is 1.24. The van der Waals surface area contributed by atoms with Crippen LogP contribution >= 0.6 is 0 Å². The lowest BCUT2D eigenvalue weighted by atomic mass is 10.0. The number of hydrogen-bond donors (Lipinski definition) is 0.